The van der Waals surface area contributed by atoms with Crippen molar-refractivity contribution in [1.29, 1.82) is 0 Å². The third-order valence-electron chi connectivity index (χ3n) is 4.32. The Labute approximate surface area is 145 Å². The van der Waals surface area contributed by atoms with Crippen LogP contribution < -0.4 is 5.32 Å². The van der Waals surface area contributed by atoms with Crippen LogP contribution in [-0.4, -0.2) is 39.4 Å². The first kappa shape index (κ1) is 17.2. The smallest absolute Gasteiger partial charge is 0.335 e. The van der Waals surface area contributed by atoms with E-state index in [1.807, 2.05) is 17.8 Å². The van der Waals surface area contributed by atoms with E-state index in [-0.39, 0.29) is 23.6 Å². The number of benzene rings is 1. The Bertz CT molecular complexity index is 771. The van der Waals surface area contributed by atoms with Crippen molar-refractivity contribution in [3.63, 3.8) is 0 Å². The van der Waals surface area contributed by atoms with Crippen LogP contribution in [0.5, 0.6) is 0 Å². The third-order valence-corrected chi connectivity index (χ3v) is 4.32. The zero-order chi connectivity index (χ0) is 17.8. The van der Waals surface area contributed by atoms with Gasteiger partial charge in [-0.15, -0.1) is 0 Å². The lowest BCUT2D eigenvalue weighted by Crippen LogP contribution is -2.42. The first-order chi connectivity index (χ1) is 12.1. The molecule has 1 aliphatic heterocycles. The van der Waals surface area contributed by atoms with Gasteiger partial charge in [0, 0.05) is 30.5 Å². The number of carboxylic acids is 1. The number of ether oxygens (including phenoxy) is 1. The number of nitrogens with zero attached hydrogens (tertiary/aromatic N) is 2. The Morgan fingerprint density at radius 1 is 1.40 bits per heavy atom. The maximum atomic E-state index is 12.5. The van der Waals surface area contributed by atoms with Crippen molar-refractivity contribution in [2.24, 2.45) is 0 Å². The van der Waals surface area contributed by atoms with Crippen LogP contribution >= 0.6 is 0 Å². The molecule has 0 saturated carbocycles. The minimum atomic E-state index is -1.06. The van der Waals surface area contributed by atoms with Gasteiger partial charge in [-0.25, -0.2) is 4.79 Å². The molecule has 0 unspecified atom stereocenters. The zero-order valence-electron chi connectivity index (χ0n) is 14.0. The molecule has 1 fully saturated rings. The highest BCUT2D eigenvalue weighted by Crippen LogP contribution is 2.28. The third kappa shape index (κ3) is 3.88. The van der Waals surface area contributed by atoms with Crippen LogP contribution in [0.4, 0.5) is 0 Å². The van der Waals surface area contributed by atoms with Gasteiger partial charge in [0.05, 0.1) is 17.8 Å². The van der Waals surface area contributed by atoms with Crippen molar-refractivity contribution < 1.29 is 19.4 Å². The van der Waals surface area contributed by atoms with Gasteiger partial charge in [0.2, 0.25) is 0 Å². The quantitative estimate of drug-likeness (QED) is 0.868. The molecular formula is C18H21N3O4. The van der Waals surface area contributed by atoms with Crippen LogP contribution in [0.15, 0.2) is 36.7 Å². The molecule has 2 N–H and O–H groups in total. The Balaban J connectivity index is 1.76. The summed E-state index contributed by atoms with van der Waals surface area (Å²) in [5.74, 6) is -1.35. The van der Waals surface area contributed by atoms with Gasteiger partial charge in [0.1, 0.15) is 6.10 Å². The van der Waals surface area contributed by atoms with Crippen LogP contribution in [0.1, 0.15) is 52.1 Å². The van der Waals surface area contributed by atoms with E-state index in [2.05, 4.69) is 10.4 Å². The van der Waals surface area contributed by atoms with E-state index in [0.717, 1.165) is 24.9 Å². The Kier molecular flexibility index (Phi) is 5.14. The monoisotopic (exact) mass is 343 g/mol. The highest BCUT2D eigenvalue weighted by atomic mass is 16.5. The average molecular weight is 343 g/mol. The number of aromatic nitrogens is 2. The van der Waals surface area contributed by atoms with Crippen LogP contribution in [0.2, 0.25) is 0 Å². The molecule has 1 aliphatic rings. The van der Waals surface area contributed by atoms with Gasteiger partial charge >= 0.3 is 5.97 Å². The molecule has 1 aromatic heterocycles. The molecule has 0 aliphatic carbocycles. The second kappa shape index (κ2) is 7.48. The van der Waals surface area contributed by atoms with Crippen molar-refractivity contribution >= 4 is 11.9 Å². The van der Waals surface area contributed by atoms with E-state index in [1.165, 1.54) is 12.1 Å². The number of aryl methyl sites for hydroxylation is 1. The normalized spacial score (nSPS) is 20.2. The maximum absolute atomic E-state index is 12.5. The van der Waals surface area contributed by atoms with E-state index in [9.17, 15) is 9.59 Å². The summed E-state index contributed by atoms with van der Waals surface area (Å²) in [4.78, 5) is 23.6. The number of hydrogen-bond donors (Lipinski definition) is 2. The van der Waals surface area contributed by atoms with Crippen molar-refractivity contribution in [3.05, 3.63) is 53.3 Å². The van der Waals surface area contributed by atoms with Gasteiger partial charge in [-0.3, -0.25) is 9.48 Å². The highest BCUT2D eigenvalue weighted by Gasteiger charge is 2.30. The summed E-state index contributed by atoms with van der Waals surface area (Å²) in [6, 6.07) is 5.84. The van der Waals surface area contributed by atoms with E-state index in [0.29, 0.717) is 12.2 Å². The first-order valence-electron chi connectivity index (χ1n) is 8.36. The zero-order valence-corrected chi connectivity index (χ0v) is 14.0. The van der Waals surface area contributed by atoms with Gasteiger partial charge in [0.25, 0.3) is 5.91 Å². The summed E-state index contributed by atoms with van der Waals surface area (Å²) in [5, 5.41) is 16.3. The number of hydrogen-bond acceptors (Lipinski definition) is 4. The summed E-state index contributed by atoms with van der Waals surface area (Å²) in [6.45, 7) is 3.42. The number of nitrogens with one attached hydrogen (secondary N) is 1. The molecule has 2 atom stereocenters. The topological polar surface area (TPSA) is 93.5 Å². The minimum absolute atomic E-state index is 0.0910. The van der Waals surface area contributed by atoms with Gasteiger partial charge in [-0.05, 0) is 38.0 Å². The summed E-state index contributed by atoms with van der Waals surface area (Å²) < 4.78 is 7.69. The average Bonchev–Trinajstić information content (AvgIpc) is 3.11. The van der Waals surface area contributed by atoms with Gasteiger partial charge < -0.3 is 15.2 Å². The fourth-order valence-corrected chi connectivity index (χ4v) is 3.00. The predicted molar refractivity (Wildman–Crippen MR) is 90.5 cm³/mol. The van der Waals surface area contributed by atoms with Crippen molar-refractivity contribution in [3.8, 4) is 0 Å². The molecule has 25 heavy (non-hydrogen) atoms. The molecule has 1 aromatic carbocycles. The van der Waals surface area contributed by atoms with Crippen LogP contribution in [0.3, 0.4) is 0 Å². The summed E-state index contributed by atoms with van der Waals surface area (Å²) >= 11 is 0. The number of amides is 1. The predicted octanol–water partition coefficient (Wildman–Crippen LogP) is 2.25. The second-order valence-corrected chi connectivity index (χ2v) is 6.03. The molecule has 3 rings (SSSR count). The van der Waals surface area contributed by atoms with Gasteiger partial charge in [-0.1, -0.05) is 6.07 Å². The van der Waals surface area contributed by atoms with Crippen LogP contribution in [-0.2, 0) is 11.3 Å². The lowest BCUT2D eigenvalue weighted by Gasteiger charge is -2.31. The van der Waals surface area contributed by atoms with Crippen molar-refractivity contribution in [1.82, 2.24) is 15.1 Å². The lowest BCUT2D eigenvalue weighted by atomic mass is 9.97. The maximum Gasteiger partial charge on any atom is 0.335 e. The summed E-state index contributed by atoms with van der Waals surface area (Å²) in [6.07, 6.45) is 5.11. The molecule has 0 bridgehead atoms. The fourth-order valence-electron chi connectivity index (χ4n) is 3.00. The molecule has 0 spiro atoms. The molecule has 0 radical (unpaired) electrons. The SMILES string of the molecule is CCn1cc([C@H]2OCCC[C@@H]2NC(=O)c2cccc(C(=O)O)c2)cn1. The number of carboxylic acid groups (broad SMARTS) is 1. The van der Waals surface area contributed by atoms with Crippen molar-refractivity contribution in [2.75, 3.05) is 6.61 Å². The summed E-state index contributed by atoms with van der Waals surface area (Å²) in [5.41, 5.74) is 1.35. The molecule has 2 aromatic rings. The number of aromatic carboxylic acids is 1. The number of carbonyl (C=O) groups is 2. The van der Waals surface area contributed by atoms with E-state index < -0.39 is 5.97 Å². The second-order valence-electron chi connectivity index (χ2n) is 6.03. The van der Waals surface area contributed by atoms with E-state index >= 15 is 0 Å². The Morgan fingerprint density at radius 2 is 2.20 bits per heavy atom. The van der Waals surface area contributed by atoms with E-state index in [1.54, 1.807) is 18.3 Å². The fraction of sp³-hybridized carbons (Fsp3) is 0.389. The van der Waals surface area contributed by atoms with Gasteiger partial charge in [-0.2, -0.15) is 5.10 Å². The van der Waals surface area contributed by atoms with Crippen LogP contribution in [0.25, 0.3) is 0 Å². The van der Waals surface area contributed by atoms with Crippen molar-refractivity contribution in [2.45, 2.75) is 38.5 Å². The Morgan fingerprint density at radius 3 is 2.92 bits per heavy atom. The number of rotatable bonds is 5. The standard InChI is InChI=1S/C18H21N3O4/c1-2-21-11-14(10-19-21)16-15(7-4-8-25-16)20-17(22)12-5-3-6-13(9-12)18(23)24/h3,5-6,9-11,15-16H,2,4,7-8H2,1H3,(H,20,22)(H,23,24)/t15-,16+/m0/s1. The summed E-state index contributed by atoms with van der Waals surface area (Å²) in [7, 11) is 0. The highest BCUT2D eigenvalue weighted by molar-refractivity contribution is 5.97. The molecule has 1 saturated heterocycles. The molecule has 7 nitrogen and oxygen atoms in total. The molecule has 132 valence electrons. The first-order valence-corrected chi connectivity index (χ1v) is 8.36. The molecule has 7 heteroatoms. The molecule has 2 heterocycles. The minimum Gasteiger partial charge on any atom is -0.478 e. The Hall–Kier alpha value is -2.67. The molecular weight excluding hydrogens is 322 g/mol. The lowest BCUT2D eigenvalue weighted by molar-refractivity contribution is -0.00950. The molecule has 1 amide bonds. The number of carbonyl (C=O) groups excluding carboxylic acids is 1. The van der Waals surface area contributed by atoms with Crippen LogP contribution in [0, 0.1) is 0 Å². The van der Waals surface area contributed by atoms with E-state index in [4.69, 9.17) is 9.84 Å². The largest absolute Gasteiger partial charge is 0.478 e. The van der Waals surface area contributed by atoms with Gasteiger partial charge in [0.15, 0.2) is 0 Å².